The summed E-state index contributed by atoms with van der Waals surface area (Å²) >= 11 is 0. The van der Waals surface area contributed by atoms with Crippen LogP contribution in [0, 0.1) is 6.92 Å². The number of fused-ring (bicyclic) bond motifs is 3. The van der Waals surface area contributed by atoms with Crippen LogP contribution in [0.4, 0.5) is 0 Å². The summed E-state index contributed by atoms with van der Waals surface area (Å²) in [6, 6.07) is 3.82. The number of nitrogens with zero attached hydrogens (tertiary/aromatic N) is 2. The summed E-state index contributed by atoms with van der Waals surface area (Å²) in [6.45, 7) is 4.94. The predicted molar refractivity (Wildman–Crippen MR) is 114 cm³/mol. The molecule has 1 aromatic carbocycles. The first-order valence-electron chi connectivity index (χ1n) is 10.5. The van der Waals surface area contributed by atoms with E-state index >= 15 is 0 Å². The van der Waals surface area contributed by atoms with Crippen LogP contribution in [0.5, 0.6) is 5.75 Å². The molecule has 3 aromatic rings. The van der Waals surface area contributed by atoms with Crippen molar-refractivity contribution in [3.05, 3.63) is 58.0 Å². The average Bonchev–Trinajstić information content (AvgIpc) is 3.27. The zero-order valence-corrected chi connectivity index (χ0v) is 17.4. The number of amides is 1. The molecule has 0 aliphatic heterocycles. The number of carbonyl (C=O) groups is 1. The normalized spacial score (nSPS) is 14.3. The third kappa shape index (κ3) is 4.10. The Morgan fingerprint density at radius 1 is 1.30 bits per heavy atom. The number of imidazole rings is 1. The Hall–Kier alpha value is -3.09. The smallest absolute Gasteiger partial charge is 0.339 e. The molecule has 7 heteroatoms. The van der Waals surface area contributed by atoms with Crippen molar-refractivity contribution in [3.8, 4) is 5.75 Å². The van der Waals surface area contributed by atoms with Gasteiger partial charge in [-0.2, -0.15) is 0 Å². The number of rotatable bonds is 7. The van der Waals surface area contributed by atoms with Crippen molar-refractivity contribution in [1.29, 1.82) is 0 Å². The minimum atomic E-state index is -0.654. The number of carbonyl (C=O) groups excluding carboxylic acids is 1. The zero-order valence-electron chi connectivity index (χ0n) is 17.4. The van der Waals surface area contributed by atoms with Gasteiger partial charge >= 0.3 is 5.63 Å². The molecule has 1 atom stereocenters. The van der Waals surface area contributed by atoms with Gasteiger partial charge in [0.25, 0.3) is 5.91 Å². The van der Waals surface area contributed by atoms with E-state index in [0.29, 0.717) is 17.9 Å². The van der Waals surface area contributed by atoms with Crippen LogP contribution in [-0.4, -0.2) is 28.1 Å². The van der Waals surface area contributed by atoms with Gasteiger partial charge in [0.2, 0.25) is 0 Å². The van der Waals surface area contributed by atoms with Crippen molar-refractivity contribution in [1.82, 2.24) is 14.9 Å². The Morgan fingerprint density at radius 3 is 2.87 bits per heavy atom. The van der Waals surface area contributed by atoms with E-state index in [-0.39, 0.29) is 11.5 Å². The molecule has 0 radical (unpaired) electrons. The molecule has 0 spiro atoms. The van der Waals surface area contributed by atoms with Gasteiger partial charge in [-0.05, 0) is 63.6 Å². The highest BCUT2D eigenvalue weighted by Gasteiger charge is 2.21. The molecule has 0 bridgehead atoms. The summed E-state index contributed by atoms with van der Waals surface area (Å²) in [4.78, 5) is 28.8. The molecule has 0 saturated heterocycles. The third-order valence-electron chi connectivity index (χ3n) is 5.71. The molecule has 1 aliphatic rings. The lowest BCUT2D eigenvalue weighted by Crippen LogP contribution is -2.37. The molecule has 2 aromatic heterocycles. The van der Waals surface area contributed by atoms with E-state index in [1.54, 1.807) is 19.4 Å². The van der Waals surface area contributed by atoms with Gasteiger partial charge < -0.3 is 19.0 Å². The van der Waals surface area contributed by atoms with Crippen molar-refractivity contribution in [2.45, 2.75) is 58.6 Å². The van der Waals surface area contributed by atoms with Gasteiger partial charge in [0.05, 0.1) is 6.33 Å². The van der Waals surface area contributed by atoms with E-state index in [1.807, 2.05) is 29.8 Å². The lowest BCUT2D eigenvalue weighted by Gasteiger charge is -2.19. The van der Waals surface area contributed by atoms with Gasteiger partial charge in [-0.25, -0.2) is 9.78 Å². The maximum Gasteiger partial charge on any atom is 0.339 e. The quantitative estimate of drug-likeness (QED) is 0.479. The first-order chi connectivity index (χ1) is 14.5. The van der Waals surface area contributed by atoms with Crippen LogP contribution in [0.25, 0.3) is 11.0 Å². The standard InChI is InChI=1S/C23H27N3O4/c1-15-20(29-16(2)22(27)25-10-5-12-26-13-11-24-14-26)9-8-18-17-6-3-4-7-19(17)23(28)30-21(15)18/h8-9,11,13-14,16H,3-7,10,12H2,1-2H3,(H,25,27). The molecule has 0 saturated carbocycles. The van der Waals surface area contributed by atoms with Crippen LogP contribution < -0.4 is 15.7 Å². The SMILES string of the molecule is Cc1c(OC(C)C(=O)NCCCn2ccnc2)ccc2c3c(c(=O)oc12)CCCC3. The van der Waals surface area contributed by atoms with Crippen molar-refractivity contribution < 1.29 is 13.9 Å². The number of aromatic nitrogens is 2. The van der Waals surface area contributed by atoms with Crippen LogP contribution in [0.15, 0.2) is 40.1 Å². The minimum Gasteiger partial charge on any atom is -0.480 e. The van der Waals surface area contributed by atoms with E-state index in [2.05, 4.69) is 10.3 Å². The zero-order chi connectivity index (χ0) is 21.1. The van der Waals surface area contributed by atoms with Crippen LogP contribution in [0.2, 0.25) is 0 Å². The number of benzene rings is 1. The van der Waals surface area contributed by atoms with Gasteiger partial charge in [0.1, 0.15) is 11.3 Å². The topological polar surface area (TPSA) is 86.4 Å². The Morgan fingerprint density at radius 2 is 2.10 bits per heavy atom. The second-order valence-electron chi connectivity index (χ2n) is 7.82. The second-order valence-corrected chi connectivity index (χ2v) is 7.82. The molecule has 1 N–H and O–H groups in total. The van der Waals surface area contributed by atoms with Crippen LogP contribution in [-0.2, 0) is 24.2 Å². The average molecular weight is 409 g/mol. The van der Waals surface area contributed by atoms with Crippen molar-refractivity contribution in [2.24, 2.45) is 0 Å². The lowest BCUT2D eigenvalue weighted by molar-refractivity contribution is -0.127. The molecule has 1 unspecified atom stereocenters. The highest BCUT2D eigenvalue weighted by molar-refractivity contribution is 5.86. The predicted octanol–water partition coefficient (Wildman–Crippen LogP) is 3.15. The lowest BCUT2D eigenvalue weighted by atomic mass is 9.90. The van der Waals surface area contributed by atoms with Gasteiger partial charge in [-0.15, -0.1) is 0 Å². The number of ether oxygens (including phenoxy) is 1. The summed E-state index contributed by atoms with van der Waals surface area (Å²) in [5.41, 5.74) is 2.97. The van der Waals surface area contributed by atoms with Gasteiger partial charge in [-0.3, -0.25) is 4.79 Å². The Labute approximate surface area is 175 Å². The molecule has 0 fully saturated rings. The molecule has 158 valence electrons. The molecule has 7 nitrogen and oxygen atoms in total. The molecular weight excluding hydrogens is 382 g/mol. The van der Waals surface area contributed by atoms with E-state index in [9.17, 15) is 9.59 Å². The number of hydrogen-bond acceptors (Lipinski definition) is 5. The summed E-state index contributed by atoms with van der Waals surface area (Å²) in [5.74, 6) is 0.384. The summed E-state index contributed by atoms with van der Waals surface area (Å²) in [5, 5.41) is 3.88. The fraction of sp³-hybridized carbons (Fsp3) is 0.435. The molecule has 30 heavy (non-hydrogen) atoms. The van der Waals surface area contributed by atoms with E-state index in [0.717, 1.165) is 60.7 Å². The number of aryl methyl sites for hydroxylation is 3. The van der Waals surface area contributed by atoms with Crippen molar-refractivity contribution in [3.63, 3.8) is 0 Å². The van der Waals surface area contributed by atoms with Gasteiger partial charge in [0, 0.05) is 42.0 Å². The minimum absolute atomic E-state index is 0.174. The summed E-state index contributed by atoms with van der Waals surface area (Å²) < 4.78 is 13.5. The molecule has 1 amide bonds. The Balaban J connectivity index is 1.43. The highest BCUT2D eigenvalue weighted by atomic mass is 16.5. The van der Waals surface area contributed by atoms with E-state index < -0.39 is 6.10 Å². The molecule has 4 rings (SSSR count). The maximum atomic E-state index is 12.4. The van der Waals surface area contributed by atoms with Crippen LogP contribution in [0.3, 0.4) is 0 Å². The van der Waals surface area contributed by atoms with E-state index in [1.165, 1.54) is 0 Å². The van der Waals surface area contributed by atoms with Crippen LogP contribution in [0.1, 0.15) is 42.9 Å². The first-order valence-corrected chi connectivity index (χ1v) is 10.5. The summed E-state index contributed by atoms with van der Waals surface area (Å²) in [6.07, 6.45) is 9.32. The second kappa shape index (κ2) is 8.73. The largest absolute Gasteiger partial charge is 0.480 e. The van der Waals surface area contributed by atoms with E-state index in [4.69, 9.17) is 9.15 Å². The van der Waals surface area contributed by atoms with Gasteiger partial charge in [0.15, 0.2) is 6.10 Å². The fourth-order valence-electron chi connectivity index (χ4n) is 4.03. The van der Waals surface area contributed by atoms with Crippen LogP contribution >= 0.6 is 0 Å². The number of nitrogens with one attached hydrogen (secondary N) is 1. The monoisotopic (exact) mass is 409 g/mol. The summed E-state index contributed by atoms with van der Waals surface area (Å²) in [7, 11) is 0. The molecule has 1 aliphatic carbocycles. The van der Waals surface area contributed by atoms with Crippen molar-refractivity contribution >= 4 is 16.9 Å². The maximum absolute atomic E-state index is 12.4. The molecule has 2 heterocycles. The highest BCUT2D eigenvalue weighted by Crippen LogP contribution is 2.32. The fourth-order valence-corrected chi connectivity index (χ4v) is 4.03. The van der Waals surface area contributed by atoms with Gasteiger partial charge in [-0.1, -0.05) is 0 Å². The molecular formula is C23H27N3O4. The third-order valence-corrected chi connectivity index (χ3v) is 5.71. The van der Waals surface area contributed by atoms with Crippen molar-refractivity contribution in [2.75, 3.05) is 6.54 Å². The Bertz CT molecular complexity index is 1100. The Kier molecular flexibility index (Phi) is 5.88. The number of hydrogen-bond donors (Lipinski definition) is 1. The first kappa shape index (κ1) is 20.2.